The summed E-state index contributed by atoms with van der Waals surface area (Å²) in [7, 11) is 0. The molecule has 4 nitrogen and oxygen atoms in total. The highest BCUT2D eigenvalue weighted by Crippen LogP contribution is 2.42. The van der Waals surface area contributed by atoms with Gasteiger partial charge in [0.25, 0.3) is 5.95 Å². The molecule has 0 fully saturated rings. The fourth-order valence-electron chi connectivity index (χ4n) is 2.43. The van der Waals surface area contributed by atoms with E-state index < -0.39 is 0 Å². The minimum Gasteiger partial charge on any atom is -0.480 e. The number of hydrogen-bond acceptors (Lipinski definition) is 4. The molecule has 0 amide bonds. The minimum absolute atomic E-state index is 0.189. The second-order valence-electron chi connectivity index (χ2n) is 4.57. The molecule has 0 spiro atoms. The van der Waals surface area contributed by atoms with Crippen molar-refractivity contribution < 1.29 is 9.84 Å². The Balaban J connectivity index is 2.24. The van der Waals surface area contributed by atoms with Crippen molar-refractivity contribution in [2.75, 3.05) is 5.73 Å². The molecule has 2 aromatic rings. The third kappa shape index (κ3) is 1.86. The van der Waals surface area contributed by atoms with E-state index in [0.717, 1.165) is 11.1 Å². The van der Waals surface area contributed by atoms with Gasteiger partial charge in [-0.15, -0.1) is 0 Å². The Morgan fingerprint density at radius 2 is 1.90 bits per heavy atom. The average molecular weight is 264 g/mol. The van der Waals surface area contributed by atoms with Gasteiger partial charge in [-0.25, -0.2) is 0 Å². The van der Waals surface area contributed by atoms with Crippen molar-refractivity contribution in [2.24, 2.45) is 0 Å². The maximum atomic E-state index is 9.92. The number of aliphatic hydroxyl groups excluding tert-OH is 1. The molecule has 1 aliphatic heterocycles. The summed E-state index contributed by atoms with van der Waals surface area (Å²) in [6.07, 6.45) is 0. The van der Waals surface area contributed by atoms with E-state index in [1.807, 2.05) is 36.4 Å². The number of anilines is 1. The van der Waals surface area contributed by atoms with Crippen LogP contribution in [0.2, 0.25) is 0 Å². The first-order chi connectivity index (χ1) is 9.70. The van der Waals surface area contributed by atoms with Crippen LogP contribution in [-0.4, -0.2) is 5.11 Å². The fraction of sp³-hybridized carbons (Fsp3) is 0.0625. The van der Waals surface area contributed by atoms with Crippen LogP contribution in [0.1, 0.15) is 17.0 Å². The van der Waals surface area contributed by atoms with Gasteiger partial charge in [0.1, 0.15) is 17.4 Å². The molecule has 0 aliphatic carbocycles. The van der Waals surface area contributed by atoms with Gasteiger partial charge in [-0.3, -0.25) is 0 Å². The number of ether oxygens (including phenoxy) is 1. The van der Waals surface area contributed by atoms with E-state index in [9.17, 15) is 10.4 Å². The van der Waals surface area contributed by atoms with E-state index in [-0.39, 0.29) is 17.4 Å². The molecule has 98 valence electrons. The van der Waals surface area contributed by atoms with Gasteiger partial charge in [0.05, 0.1) is 5.92 Å². The first kappa shape index (κ1) is 12.1. The molecule has 0 saturated heterocycles. The SMILES string of the molecule is N#CC1=C(O)Oc2ccc(N)cc2[C@@H]1c1ccccc1. The molecule has 0 radical (unpaired) electrons. The van der Waals surface area contributed by atoms with E-state index in [2.05, 4.69) is 0 Å². The molecular formula is C16H12N2O2. The highest BCUT2D eigenvalue weighted by molar-refractivity contribution is 5.59. The van der Waals surface area contributed by atoms with Gasteiger partial charge in [-0.1, -0.05) is 30.3 Å². The first-order valence-electron chi connectivity index (χ1n) is 6.16. The zero-order valence-electron chi connectivity index (χ0n) is 10.6. The lowest BCUT2D eigenvalue weighted by atomic mass is 9.83. The van der Waals surface area contributed by atoms with Gasteiger partial charge < -0.3 is 15.6 Å². The fourth-order valence-corrected chi connectivity index (χ4v) is 2.43. The van der Waals surface area contributed by atoms with Crippen LogP contribution in [0.5, 0.6) is 5.75 Å². The van der Waals surface area contributed by atoms with Crippen molar-refractivity contribution in [2.45, 2.75) is 5.92 Å². The number of rotatable bonds is 1. The average Bonchev–Trinajstić information content (AvgIpc) is 2.47. The number of nitrogens with zero attached hydrogens (tertiary/aromatic N) is 1. The quantitative estimate of drug-likeness (QED) is 0.776. The molecule has 1 aliphatic rings. The Labute approximate surface area is 116 Å². The summed E-state index contributed by atoms with van der Waals surface area (Å²) >= 11 is 0. The summed E-state index contributed by atoms with van der Waals surface area (Å²) in [5.41, 5.74) is 8.30. The molecule has 20 heavy (non-hydrogen) atoms. The van der Waals surface area contributed by atoms with Crippen molar-refractivity contribution in [1.29, 1.82) is 5.26 Å². The van der Waals surface area contributed by atoms with Crippen molar-refractivity contribution in [3.8, 4) is 11.8 Å². The number of nitrogen functional groups attached to an aromatic ring is 1. The zero-order valence-corrected chi connectivity index (χ0v) is 10.6. The van der Waals surface area contributed by atoms with Crippen LogP contribution in [0.3, 0.4) is 0 Å². The first-order valence-corrected chi connectivity index (χ1v) is 6.16. The second-order valence-corrected chi connectivity index (χ2v) is 4.57. The standard InChI is InChI=1S/C16H12N2O2/c17-9-13-15(10-4-2-1-3-5-10)12-8-11(18)6-7-14(12)20-16(13)19/h1-8,15,19H,18H2/t15-/m0/s1. The Morgan fingerprint density at radius 1 is 1.15 bits per heavy atom. The van der Waals surface area contributed by atoms with Crippen LogP contribution >= 0.6 is 0 Å². The number of benzene rings is 2. The number of allylic oxidation sites excluding steroid dienone is 1. The van der Waals surface area contributed by atoms with Crippen molar-refractivity contribution in [3.63, 3.8) is 0 Å². The highest BCUT2D eigenvalue weighted by Gasteiger charge is 2.31. The van der Waals surface area contributed by atoms with Crippen LogP contribution in [0, 0.1) is 11.3 Å². The Morgan fingerprint density at radius 3 is 2.60 bits per heavy atom. The van der Waals surface area contributed by atoms with Gasteiger partial charge >= 0.3 is 0 Å². The third-order valence-electron chi connectivity index (χ3n) is 3.32. The van der Waals surface area contributed by atoms with Crippen LogP contribution in [0.25, 0.3) is 0 Å². The van der Waals surface area contributed by atoms with Gasteiger partial charge in [-0.05, 0) is 23.8 Å². The maximum Gasteiger partial charge on any atom is 0.297 e. The van der Waals surface area contributed by atoms with Gasteiger partial charge in [-0.2, -0.15) is 5.26 Å². The maximum absolute atomic E-state index is 9.92. The van der Waals surface area contributed by atoms with Crippen LogP contribution in [0.4, 0.5) is 5.69 Å². The third-order valence-corrected chi connectivity index (χ3v) is 3.32. The van der Waals surface area contributed by atoms with Crippen LogP contribution < -0.4 is 10.5 Å². The molecule has 0 aromatic heterocycles. The van der Waals surface area contributed by atoms with Gasteiger partial charge in [0.15, 0.2) is 0 Å². The topological polar surface area (TPSA) is 79.3 Å². The largest absolute Gasteiger partial charge is 0.480 e. The lowest BCUT2D eigenvalue weighted by Crippen LogP contribution is -2.16. The van der Waals surface area contributed by atoms with Crippen molar-refractivity contribution in [3.05, 3.63) is 71.2 Å². The molecule has 2 aromatic carbocycles. The smallest absolute Gasteiger partial charge is 0.297 e. The molecule has 0 saturated carbocycles. The predicted molar refractivity (Wildman–Crippen MR) is 75.0 cm³/mol. The van der Waals surface area contributed by atoms with Crippen LogP contribution in [0.15, 0.2) is 60.0 Å². The highest BCUT2D eigenvalue weighted by atomic mass is 16.6. The van der Waals surface area contributed by atoms with E-state index in [1.165, 1.54) is 0 Å². The van der Waals surface area contributed by atoms with E-state index in [1.54, 1.807) is 18.2 Å². The summed E-state index contributed by atoms with van der Waals surface area (Å²) in [5, 5.41) is 19.2. The van der Waals surface area contributed by atoms with Gasteiger partial charge in [0, 0.05) is 11.3 Å². The molecule has 4 heteroatoms. The summed E-state index contributed by atoms with van der Waals surface area (Å²) in [6, 6.07) is 16.7. The number of nitrogens with two attached hydrogens (primary N) is 1. The Kier molecular flexibility index (Phi) is 2.81. The van der Waals surface area contributed by atoms with Crippen molar-refractivity contribution >= 4 is 5.69 Å². The normalized spacial score (nSPS) is 17.1. The predicted octanol–water partition coefficient (Wildman–Crippen LogP) is 3.09. The summed E-state index contributed by atoms with van der Waals surface area (Å²) in [6.45, 7) is 0. The molecule has 3 rings (SSSR count). The van der Waals surface area contributed by atoms with E-state index >= 15 is 0 Å². The lowest BCUT2D eigenvalue weighted by Gasteiger charge is -2.25. The van der Waals surface area contributed by atoms with Crippen molar-refractivity contribution in [1.82, 2.24) is 0 Å². The zero-order chi connectivity index (χ0) is 14.1. The molecule has 0 bridgehead atoms. The monoisotopic (exact) mass is 264 g/mol. The lowest BCUT2D eigenvalue weighted by molar-refractivity contribution is 0.194. The molecule has 1 atom stereocenters. The number of hydrogen-bond donors (Lipinski definition) is 2. The molecule has 0 unspecified atom stereocenters. The number of nitriles is 1. The summed E-state index contributed by atoms with van der Waals surface area (Å²) < 4.78 is 5.30. The second kappa shape index (κ2) is 4.63. The molecular weight excluding hydrogens is 252 g/mol. The number of fused-ring (bicyclic) bond motifs is 1. The molecule has 1 heterocycles. The summed E-state index contributed by atoms with van der Waals surface area (Å²) in [5.74, 6) is -0.198. The Hall–Kier alpha value is -2.93. The van der Waals surface area contributed by atoms with E-state index in [0.29, 0.717) is 11.4 Å². The summed E-state index contributed by atoms with van der Waals surface area (Å²) in [4.78, 5) is 0. The number of aliphatic hydroxyl groups is 1. The minimum atomic E-state index is -0.367. The van der Waals surface area contributed by atoms with E-state index in [4.69, 9.17) is 10.5 Å². The van der Waals surface area contributed by atoms with Gasteiger partial charge in [0.2, 0.25) is 0 Å². The molecule has 3 N–H and O–H groups in total. The Bertz CT molecular complexity index is 730. The van der Waals surface area contributed by atoms with Crippen LogP contribution in [-0.2, 0) is 0 Å².